The SMILES string of the molecule is C[Si](C)(C)CCOCn1cc(C#N)c2c(C3CC3)nc(Cl)nc21. The lowest BCUT2D eigenvalue weighted by Gasteiger charge is -2.15. The molecule has 0 N–H and O–H groups in total. The normalized spacial score (nSPS) is 15.1. The molecule has 2 aromatic heterocycles. The number of ether oxygens (including phenoxy) is 1. The fraction of sp³-hybridized carbons (Fsp3) is 0.562. The average molecular weight is 349 g/mol. The molecule has 1 fully saturated rings. The number of aromatic nitrogens is 3. The summed E-state index contributed by atoms with van der Waals surface area (Å²) in [4.78, 5) is 8.71. The van der Waals surface area contributed by atoms with Crippen molar-refractivity contribution >= 4 is 30.7 Å². The van der Waals surface area contributed by atoms with Gasteiger partial charge in [0, 0.05) is 26.8 Å². The monoisotopic (exact) mass is 348 g/mol. The Hall–Kier alpha value is -1.42. The largest absolute Gasteiger partial charge is 0.361 e. The van der Waals surface area contributed by atoms with Crippen LogP contribution < -0.4 is 0 Å². The fourth-order valence-electron chi connectivity index (χ4n) is 2.56. The van der Waals surface area contributed by atoms with Crippen LogP contribution in [0.15, 0.2) is 6.20 Å². The van der Waals surface area contributed by atoms with Crippen LogP contribution in [-0.2, 0) is 11.5 Å². The summed E-state index contributed by atoms with van der Waals surface area (Å²) >= 11 is 6.09. The molecule has 23 heavy (non-hydrogen) atoms. The zero-order valence-electron chi connectivity index (χ0n) is 13.8. The number of rotatable bonds is 6. The highest BCUT2D eigenvalue weighted by molar-refractivity contribution is 6.76. The van der Waals surface area contributed by atoms with Crippen molar-refractivity contribution in [2.24, 2.45) is 0 Å². The highest BCUT2D eigenvalue weighted by Crippen LogP contribution is 2.43. The van der Waals surface area contributed by atoms with E-state index in [-0.39, 0.29) is 5.28 Å². The zero-order chi connectivity index (χ0) is 16.6. The molecule has 0 saturated heterocycles. The van der Waals surface area contributed by atoms with Gasteiger partial charge in [-0.1, -0.05) is 19.6 Å². The van der Waals surface area contributed by atoms with E-state index in [4.69, 9.17) is 16.3 Å². The topological polar surface area (TPSA) is 63.7 Å². The van der Waals surface area contributed by atoms with E-state index in [9.17, 15) is 5.26 Å². The van der Waals surface area contributed by atoms with Gasteiger partial charge >= 0.3 is 0 Å². The first-order valence-corrected chi connectivity index (χ1v) is 12.0. The van der Waals surface area contributed by atoms with E-state index in [1.165, 1.54) is 0 Å². The fourth-order valence-corrected chi connectivity index (χ4v) is 3.49. The lowest BCUT2D eigenvalue weighted by atomic mass is 10.1. The van der Waals surface area contributed by atoms with E-state index in [0.29, 0.717) is 23.9 Å². The van der Waals surface area contributed by atoms with Gasteiger partial charge in [0.2, 0.25) is 5.28 Å². The van der Waals surface area contributed by atoms with Crippen LogP contribution in [0.1, 0.15) is 30.0 Å². The van der Waals surface area contributed by atoms with E-state index < -0.39 is 8.07 Å². The summed E-state index contributed by atoms with van der Waals surface area (Å²) in [7, 11) is -1.11. The highest BCUT2D eigenvalue weighted by atomic mass is 35.5. The van der Waals surface area contributed by atoms with Crippen molar-refractivity contribution in [2.45, 2.75) is 51.2 Å². The van der Waals surface area contributed by atoms with Crippen molar-refractivity contribution in [3.63, 3.8) is 0 Å². The average Bonchev–Trinajstić information content (AvgIpc) is 3.25. The van der Waals surface area contributed by atoms with Gasteiger partial charge in [0.15, 0.2) is 0 Å². The molecule has 3 rings (SSSR count). The second-order valence-corrected chi connectivity index (χ2v) is 13.3. The summed E-state index contributed by atoms with van der Waals surface area (Å²) in [5.74, 6) is 0.411. The van der Waals surface area contributed by atoms with Gasteiger partial charge in [-0.15, -0.1) is 0 Å². The maximum Gasteiger partial charge on any atom is 0.224 e. The molecule has 0 radical (unpaired) electrons. The Morgan fingerprint density at radius 2 is 2.13 bits per heavy atom. The highest BCUT2D eigenvalue weighted by Gasteiger charge is 2.30. The summed E-state index contributed by atoms with van der Waals surface area (Å²) in [6.45, 7) is 8.09. The van der Waals surface area contributed by atoms with E-state index >= 15 is 0 Å². The molecule has 1 saturated carbocycles. The van der Waals surface area contributed by atoms with Crippen LogP contribution in [0.2, 0.25) is 31.0 Å². The van der Waals surface area contributed by atoms with E-state index in [0.717, 1.165) is 36.6 Å². The van der Waals surface area contributed by atoms with Crippen LogP contribution >= 0.6 is 11.6 Å². The van der Waals surface area contributed by atoms with Crippen molar-refractivity contribution in [1.29, 1.82) is 5.26 Å². The number of fused-ring (bicyclic) bond motifs is 1. The molecule has 1 aliphatic carbocycles. The second kappa shape index (κ2) is 6.23. The number of halogens is 1. The minimum absolute atomic E-state index is 0.241. The third-order valence-corrected chi connectivity index (χ3v) is 5.90. The molecule has 0 aromatic carbocycles. The number of nitriles is 1. The Labute approximate surface area is 142 Å². The summed E-state index contributed by atoms with van der Waals surface area (Å²) in [6, 6.07) is 3.37. The number of hydrogen-bond donors (Lipinski definition) is 0. The molecule has 122 valence electrons. The van der Waals surface area contributed by atoms with Crippen LogP contribution in [0.25, 0.3) is 11.0 Å². The molecule has 0 atom stereocenters. The maximum atomic E-state index is 9.44. The van der Waals surface area contributed by atoms with Gasteiger partial charge in [0.25, 0.3) is 0 Å². The first-order valence-electron chi connectivity index (χ1n) is 7.93. The molecule has 0 bridgehead atoms. The first-order chi connectivity index (χ1) is 10.9. The van der Waals surface area contributed by atoms with Gasteiger partial charge in [-0.25, -0.2) is 4.98 Å². The second-order valence-electron chi connectivity index (χ2n) is 7.32. The summed E-state index contributed by atoms with van der Waals surface area (Å²) in [6.07, 6.45) is 4.01. The quantitative estimate of drug-likeness (QED) is 0.447. The van der Waals surface area contributed by atoms with Gasteiger partial charge in [0.1, 0.15) is 18.4 Å². The maximum absolute atomic E-state index is 9.44. The Kier molecular flexibility index (Phi) is 4.45. The molecule has 0 spiro atoms. The minimum Gasteiger partial charge on any atom is -0.361 e. The third-order valence-electron chi connectivity index (χ3n) is 4.03. The molecule has 2 heterocycles. The van der Waals surface area contributed by atoms with E-state index in [2.05, 4.69) is 35.7 Å². The Balaban J connectivity index is 1.88. The minimum atomic E-state index is -1.11. The molecular weight excluding hydrogens is 328 g/mol. The van der Waals surface area contributed by atoms with Crippen molar-refractivity contribution < 1.29 is 4.74 Å². The molecular formula is C16H21ClN4OSi. The van der Waals surface area contributed by atoms with Crippen LogP contribution in [0.3, 0.4) is 0 Å². The van der Waals surface area contributed by atoms with Crippen molar-refractivity contribution in [3.8, 4) is 6.07 Å². The predicted octanol–water partition coefficient (Wildman–Crippen LogP) is 4.15. The number of nitrogens with zero attached hydrogens (tertiary/aromatic N) is 4. The molecule has 5 nitrogen and oxygen atoms in total. The van der Waals surface area contributed by atoms with E-state index in [1.54, 1.807) is 6.20 Å². The van der Waals surface area contributed by atoms with Gasteiger partial charge in [0.05, 0.1) is 16.6 Å². The van der Waals surface area contributed by atoms with E-state index in [1.807, 2.05) is 4.57 Å². The van der Waals surface area contributed by atoms with Crippen LogP contribution in [0.4, 0.5) is 0 Å². The summed E-state index contributed by atoms with van der Waals surface area (Å²) in [5, 5.41) is 10.5. The van der Waals surface area contributed by atoms with Gasteiger partial charge in [-0.3, -0.25) is 0 Å². The van der Waals surface area contributed by atoms with Gasteiger partial charge < -0.3 is 9.30 Å². The lowest BCUT2D eigenvalue weighted by molar-refractivity contribution is 0.0898. The summed E-state index contributed by atoms with van der Waals surface area (Å²) in [5.41, 5.74) is 2.22. The Bertz CT molecular complexity index is 771. The smallest absolute Gasteiger partial charge is 0.224 e. The zero-order valence-corrected chi connectivity index (χ0v) is 15.5. The molecule has 0 aliphatic heterocycles. The number of hydrogen-bond acceptors (Lipinski definition) is 4. The Morgan fingerprint density at radius 1 is 1.39 bits per heavy atom. The van der Waals surface area contributed by atoms with Gasteiger partial charge in [-0.2, -0.15) is 10.2 Å². The summed E-state index contributed by atoms with van der Waals surface area (Å²) < 4.78 is 7.67. The van der Waals surface area contributed by atoms with Crippen molar-refractivity contribution in [1.82, 2.24) is 14.5 Å². The molecule has 2 aromatic rings. The predicted molar refractivity (Wildman–Crippen MR) is 93.3 cm³/mol. The molecule has 1 aliphatic rings. The van der Waals surface area contributed by atoms with Crippen LogP contribution in [0, 0.1) is 11.3 Å². The van der Waals surface area contributed by atoms with Crippen molar-refractivity contribution in [3.05, 3.63) is 22.7 Å². The Morgan fingerprint density at radius 3 is 2.74 bits per heavy atom. The van der Waals surface area contributed by atoms with Crippen LogP contribution in [0.5, 0.6) is 0 Å². The first kappa shape index (κ1) is 16.4. The van der Waals surface area contributed by atoms with Gasteiger partial charge in [-0.05, 0) is 30.5 Å². The molecule has 0 unspecified atom stereocenters. The van der Waals surface area contributed by atoms with Crippen LogP contribution in [-0.4, -0.2) is 29.2 Å². The lowest BCUT2D eigenvalue weighted by Crippen LogP contribution is -2.22. The molecule has 0 amide bonds. The standard InChI is InChI=1S/C16H21ClN4OSi/c1-23(2,3)7-6-22-10-21-9-12(8-18)13-14(11-4-5-11)19-16(17)20-15(13)21/h9,11H,4-7,10H2,1-3H3. The molecule has 7 heteroatoms. The third kappa shape index (κ3) is 3.74. The van der Waals surface area contributed by atoms with Crippen molar-refractivity contribution in [2.75, 3.05) is 6.61 Å².